The van der Waals surface area contributed by atoms with Crippen LogP contribution in [-0.2, 0) is 0 Å². The third kappa shape index (κ3) is 3.19. The van der Waals surface area contributed by atoms with E-state index in [2.05, 4.69) is 9.97 Å². The fraction of sp³-hybridized carbons (Fsp3) is 0.0909. The van der Waals surface area contributed by atoms with Gasteiger partial charge in [0.1, 0.15) is 17.4 Å². The summed E-state index contributed by atoms with van der Waals surface area (Å²) in [5.41, 5.74) is 5.74. The van der Waals surface area contributed by atoms with Crippen molar-refractivity contribution in [1.82, 2.24) is 15.0 Å². The molecule has 0 aliphatic heterocycles. The Balaban J connectivity index is 1.95. The van der Waals surface area contributed by atoms with Gasteiger partial charge >= 0.3 is 0 Å². The average molecular weight is 359 g/mol. The smallest absolute Gasteiger partial charge is 0.142 e. The van der Waals surface area contributed by atoms with Crippen LogP contribution in [0.1, 0.15) is 11.1 Å². The van der Waals surface area contributed by atoms with Crippen molar-refractivity contribution in [1.29, 1.82) is 0 Å². The number of aromatic amines is 1. The van der Waals surface area contributed by atoms with E-state index in [9.17, 15) is 9.50 Å². The first-order valence-corrected chi connectivity index (χ1v) is 8.60. The minimum Gasteiger partial charge on any atom is -0.507 e. The van der Waals surface area contributed by atoms with Crippen LogP contribution in [0.4, 0.5) is 4.39 Å². The van der Waals surface area contributed by atoms with Crippen molar-refractivity contribution in [3.63, 3.8) is 0 Å². The number of hydrogen-bond acceptors (Lipinski definition) is 3. The molecule has 0 bridgehead atoms. The highest BCUT2D eigenvalue weighted by atomic mass is 19.1. The van der Waals surface area contributed by atoms with Gasteiger partial charge in [-0.3, -0.25) is 4.98 Å². The highest BCUT2D eigenvalue weighted by Gasteiger charge is 2.18. The minimum absolute atomic E-state index is 0.174. The third-order valence-corrected chi connectivity index (χ3v) is 4.49. The Morgan fingerprint density at radius 1 is 0.926 bits per heavy atom. The molecule has 0 saturated carbocycles. The fourth-order valence-corrected chi connectivity index (χ4v) is 3.29. The summed E-state index contributed by atoms with van der Waals surface area (Å²) in [5, 5.41) is 10.5. The summed E-state index contributed by atoms with van der Waals surface area (Å²) in [7, 11) is 0. The lowest BCUT2D eigenvalue weighted by molar-refractivity contribution is 0.476. The molecule has 27 heavy (non-hydrogen) atoms. The SMILES string of the molecule is Cc1cc(C)c(-c2nc(-c3ccc(F)cc3)c(-c3ccncc3)[nH]2)c(O)c1. The maximum atomic E-state index is 13.4. The Morgan fingerprint density at radius 3 is 2.30 bits per heavy atom. The molecule has 4 nitrogen and oxygen atoms in total. The summed E-state index contributed by atoms with van der Waals surface area (Å²) in [4.78, 5) is 12.1. The molecule has 5 heteroatoms. The summed E-state index contributed by atoms with van der Waals surface area (Å²) in [5.74, 6) is 0.441. The van der Waals surface area contributed by atoms with E-state index in [1.807, 2.05) is 32.0 Å². The Kier molecular flexibility index (Phi) is 4.20. The second-order valence-corrected chi connectivity index (χ2v) is 6.53. The van der Waals surface area contributed by atoms with Crippen LogP contribution in [0.3, 0.4) is 0 Å². The molecule has 0 radical (unpaired) electrons. The first kappa shape index (κ1) is 17.0. The number of aromatic hydroxyl groups is 1. The zero-order chi connectivity index (χ0) is 19.0. The van der Waals surface area contributed by atoms with Crippen LogP contribution in [0, 0.1) is 19.7 Å². The molecule has 2 heterocycles. The van der Waals surface area contributed by atoms with Crippen molar-refractivity contribution < 1.29 is 9.50 Å². The number of halogens is 1. The Labute approximate surface area is 156 Å². The number of nitrogens with zero attached hydrogens (tertiary/aromatic N) is 2. The molecule has 0 amide bonds. The molecule has 2 aromatic carbocycles. The van der Waals surface area contributed by atoms with Gasteiger partial charge < -0.3 is 10.1 Å². The van der Waals surface area contributed by atoms with Gasteiger partial charge in [-0.25, -0.2) is 9.37 Å². The predicted molar refractivity (Wildman–Crippen MR) is 104 cm³/mol. The van der Waals surface area contributed by atoms with Crippen molar-refractivity contribution in [3.8, 4) is 39.7 Å². The summed E-state index contributed by atoms with van der Waals surface area (Å²) in [6.45, 7) is 3.87. The number of pyridine rings is 1. The van der Waals surface area contributed by atoms with Crippen LogP contribution in [0.2, 0.25) is 0 Å². The molecule has 4 rings (SSSR count). The maximum Gasteiger partial charge on any atom is 0.142 e. The lowest BCUT2D eigenvalue weighted by Crippen LogP contribution is -1.88. The number of rotatable bonds is 3. The quantitative estimate of drug-likeness (QED) is 0.524. The van der Waals surface area contributed by atoms with Gasteiger partial charge in [0.05, 0.1) is 17.0 Å². The first-order chi connectivity index (χ1) is 13.0. The second kappa shape index (κ2) is 6.68. The van der Waals surface area contributed by atoms with E-state index in [1.165, 1.54) is 12.1 Å². The fourth-order valence-electron chi connectivity index (χ4n) is 3.29. The topological polar surface area (TPSA) is 61.8 Å². The molecule has 2 N–H and O–H groups in total. The Hall–Kier alpha value is -3.47. The summed E-state index contributed by atoms with van der Waals surface area (Å²) in [6.07, 6.45) is 3.41. The van der Waals surface area contributed by atoms with Crippen LogP contribution < -0.4 is 0 Å². The lowest BCUT2D eigenvalue weighted by Gasteiger charge is -2.07. The maximum absolute atomic E-state index is 13.4. The second-order valence-electron chi connectivity index (χ2n) is 6.53. The number of benzene rings is 2. The monoisotopic (exact) mass is 359 g/mol. The van der Waals surface area contributed by atoms with E-state index in [0.717, 1.165) is 27.9 Å². The molecule has 0 spiro atoms. The molecule has 0 aliphatic rings. The summed E-state index contributed by atoms with van der Waals surface area (Å²) in [6, 6.07) is 13.7. The van der Waals surface area contributed by atoms with Crippen molar-refractivity contribution in [2.24, 2.45) is 0 Å². The summed E-state index contributed by atoms with van der Waals surface area (Å²) < 4.78 is 13.4. The van der Waals surface area contributed by atoms with Crippen molar-refractivity contribution in [2.75, 3.05) is 0 Å². The number of aryl methyl sites for hydroxylation is 2. The molecule has 4 aromatic rings. The van der Waals surface area contributed by atoms with Gasteiger partial charge in [0.15, 0.2) is 0 Å². The van der Waals surface area contributed by atoms with E-state index in [1.54, 1.807) is 30.6 Å². The molecule has 134 valence electrons. The number of nitrogens with one attached hydrogen (secondary N) is 1. The Bertz CT molecular complexity index is 1080. The van der Waals surface area contributed by atoms with Gasteiger partial charge in [0.25, 0.3) is 0 Å². The van der Waals surface area contributed by atoms with E-state index < -0.39 is 0 Å². The Morgan fingerprint density at radius 2 is 1.63 bits per heavy atom. The molecule has 0 saturated heterocycles. The van der Waals surface area contributed by atoms with E-state index in [0.29, 0.717) is 17.1 Å². The number of H-pyrrole nitrogens is 1. The highest BCUT2D eigenvalue weighted by Crippen LogP contribution is 2.37. The zero-order valence-corrected chi connectivity index (χ0v) is 15.0. The lowest BCUT2D eigenvalue weighted by atomic mass is 10.0. The molecule has 0 unspecified atom stereocenters. The van der Waals surface area contributed by atoms with E-state index >= 15 is 0 Å². The van der Waals surface area contributed by atoms with Gasteiger partial charge in [-0.05, 0) is 67.4 Å². The van der Waals surface area contributed by atoms with Crippen LogP contribution in [0.25, 0.3) is 33.9 Å². The minimum atomic E-state index is -0.299. The van der Waals surface area contributed by atoms with Crippen LogP contribution >= 0.6 is 0 Å². The average Bonchev–Trinajstić information content (AvgIpc) is 3.07. The van der Waals surface area contributed by atoms with E-state index in [-0.39, 0.29) is 11.6 Å². The van der Waals surface area contributed by atoms with Crippen molar-refractivity contribution >= 4 is 0 Å². The molecule has 0 fully saturated rings. The van der Waals surface area contributed by atoms with Crippen molar-refractivity contribution in [2.45, 2.75) is 13.8 Å². The number of phenolic OH excluding ortho intramolecular Hbond substituents is 1. The van der Waals surface area contributed by atoms with Gasteiger partial charge in [-0.2, -0.15) is 0 Å². The summed E-state index contributed by atoms with van der Waals surface area (Å²) >= 11 is 0. The molecule has 0 atom stereocenters. The van der Waals surface area contributed by atoms with E-state index in [4.69, 9.17) is 4.98 Å². The number of imidazole rings is 1. The molecular formula is C22H18FN3O. The number of aromatic nitrogens is 3. The standard InChI is InChI=1S/C22H18FN3O/c1-13-11-14(2)19(18(27)12-13)22-25-20(15-3-5-17(23)6-4-15)21(26-22)16-7-9-24-10-8-16/h3-12,27H,1-2H3,(H,25,26). The first-order valence-electron chi connectivity index (χ1n) is 8.60. The van der Waals surface area contributed by atoms with Crippen LogP contribution in [-0.4, -0.2) is 20.1 Å². The van der Waals surface area contributed by atoms with Gasteiger partial charge in [-0.15, -0.1) is 0 Å². The largest absolute Gasteiger partial charge is 0.507 e. The van der Waals surface area contributed by atoms with Crippen LogP contribution in [0.5, 0.6) is 5.75 Å². The van der Waals surface area contributed by atoms with Crippen molar-refractivity contribution in [3.05, 3.63) is 77.9 Å². The van der Waals surface area contributed by atoms with Gasteiger partial charge in [-0.1, -0.05) is 6.07 Å². The predicted octanol–water partition coefficient (Wildman–Crippen LogP) is 5.27. The zero-order valence-electron chi connectivity index (χ0n) is 15.0. The normalized spacial score (nSPS) is 10.9. The molecule has 0 aliphatic carbocycles. The molecule has 2 aromatic heterocycles. The third-order valence-electron chi connectivity index (χ3n) is 4.49. The highest BCUT2D eigenvalue weighted by molar-refractivity contribution is 5.82. The van der Waals surface area contributed by atoms with Gasteiger partial charge in [0, 0.05) is 23.5 Å². The number of phenols is 1. The van der Waals surface area contributed by atoms with Crippen LogP contribution in [0.15, 0.2) is 60.9 Å². The molecular weight excluding hydrogens is 341 g/mol. The number of hydrogen-bond donors (Lipinski definition) is 2. The van der Waals surface area contributed by atoms with Gasteiger partial charge in [0.2, 0.25) is 0 Å².